The second kappa shape index (κ2) is 12.0. The van der Waals surface area contributed by atoms with E-state index in [4.69, 9.17) is 4.74 Å². The van der Waals surface area contributed by atoms with E-state index in [1.807, 2.05) is 20.8 Å². The molecule has 1 aliphatic heterocycles. The summed E-state index contributed by atoms with van der Waals surface area (Å²) < 4.78 is 5.14. The van der Waals surface area contributed by atoms with Crippen molar-refractivity contribution < 1.29 is 9.53 Å². The summed E-state index contributed by atoms with van der Waals surface area (Å²) in [6.45, 7) is 11.0. The largest absolute Gasteiger partial charge is 0.463 e. The number of halogens is 1. The number of hydrogen-bond acceptors (Lipinski definition) is 4. The molecule has 27 heavy (non-hydrogen) atoms. The number of nitrogens with zero attached hydrogens (tertiary/aromatic N) is 2. The fourth-order valence-electron chi connectivity index (χ4n) is 2.96. The molecule has 7 heteroatoms. The molecule has 0 amide bonds. The van der Waals surface area contributed by atoms with Gasteiger partial charge in [0.2, 0.25) is 0 Å². The maximum atomic E-state index is 11.6. The van der Waals surface area contributed by atoms with Gasteiger partial charge in [-0.25, -0.2) is 0 Å². The summed E-state index contributed by atoms with van der Waals surface area (Å²) in [5.41, 5.74) is 2.54. The van der Waals surface area contributed by atoms with Crippen molar-refractivity contribution in [2.75, 3.05) is 31.1 Å². The van der Waals surface area contributed by atoms with Crippen LogP contribution in [-0.2, 0) is 9.53 Å². The number of nitrogens with one attached hydrogen (secondary N) is 2. The average Bonchev–Trinajstić information content (AvgIpc) is 3.03. The first-order valence-electron chi connectivity index (χ1n) is 9.54. The molecule has 152 valence electrons. The fraction of sp³-hybridized carbons (Fsp3) is 0.600. The molecule has 1 aromatic rings. The molecule has 1 unspecified atom stereocenters. The molecule has 0 aromatic heterocycles. The van der Waals surface area contributed by atoms with Gasteiger partial charge in [0.25, 0.3) is 0 Å². The number of benzene rings is 1. The molecule has 0 aliphatic carbocycles. The van der Waals surface area contributed by atoms with Crippen LogP contribution in [0.5, 0.6) is 0 Å². The Morgan fingerprint density at radius 3 is 2.67 bits per heavy atom. The SMILES string of the molecule is CCNC(=NCCC(=O)OC(C)C)NC1CCN(c2ccc(C)cc2)C1.I. The van der Waals surface area contributed by atoms with Crippen molar-refractivity contribution in [3.63, 3.8) is 0 Å². The summed E-state index contributed by atoms with van der Waals surface area (Å²) >= 11 is 0. The van der Waals surface area contributed by atoms with E-state index < -0.39 is 0 Å². The minimum absolute atomic E-state index is 0. The summed E-state index contributed by atoms with van der Waals surface area (Å²) in [5.74, 6) is 0.562. The summed E-state index contributed by atoms with van der Waals surface area (Å²) in [5, 5.41) is 6.74. The van der Waals surface area contributed by atoms with Crippen molar-refractivity contribution >= 4 is 41.6 Å². The molecule has 1 fully saturated rings. The zero-order valence-electron chi connectivity index (χ0n) is 16.8. The second-order valence-electron chi connectivity index (χ2n) is 6.96. The lowest BCUT2D eigenvalue weighted by molar-refractivity contribution is -0.147. The normalized spacial score (nSPS) is 16.9. The Hall–Kier alpha value is -1.51. The number of guanidine groups is 1. The molecule has 0 bridgehead atoms. The lowest BCUT2D eigenvalue weighted by atomic mass is 10.2. The lowest BCUT2D eigenvalue weighted by Gasteiger charge is -2.20. The lowest BCUT2D eigenvalue weighted by Crippen LogP contribution is -2.44. The van der Waals surface area contributed by atoms with Crippen LogP contribution in [-0.4, -0.2) is 50.3 Å². The Morgan fingerprint density at radius 1 is 1.33 bits per heavy atom. The molecule has 1 heterocycles. The Balaban J connectivity index is 0.00000364. The number of anilines is 1. The number of ether oxygens (including phenoxy) is 1. The molecular formula is C20H33IN4O2. The summed E-state index contributed by atoms with van der Waals surface area (Å²) in [6, 6.07) is 9.00. The summed E-state index contributed by atoms with van der Waals surface area (Å²) in [7, 11) is 0. The van der Waals surface area contributed by atoms with Gasteiger partial charge in [-0.2, -0.15) is 0 Å². The van der Waals surface area contributed by atoms with Gasteiger partial charge in [0.1, 0.15) is 0 Å². The van der Waals surface area contributed by atoms with Gasteiger partial charge >= 0.3 is 5.97 Å². The first-order chi connectivity index (χ1) is 12.5. The highest BCUT2D eigenvalue weighted by molar-refractivity contribution is 14.0. The number of hydrogen-bond donors (Lipinski definition) is 2. The maximum Gasteiger partial charge on any atom is 0.307 e. The van der Waals surface area contributed by atoms with Crippen LogP contribution in [0.2, 0.25) is 0 Å². The average molecular weight is 488 g/mol. The molecule has 6 nitrogen and oxygen atoms in total. The molecule has 2 rings (SSSR count). The van der Waals surface area contributed by atoms with Crippen LogP contribution < -0.4 is 15.5 Å². The van der Waals surface area contributed by atoms with E-state index >= 15 is 0 Å². The van der Waals surface area contributed by atoms with Gasteiger partial charge in [0.05, 0.1) is 19.1 Å². The van der Waals surface area contributed by atoms with Crippen molar-refractivity contribution in [3.8, 4) is 0 Å². The number of rotatable bonds is 7. The first kappa shape index (κ1) is 23.5. The van der Waals surface area contributed by atoms with E-state index in [0.29, 0.717) is 19.0 Å². The zero-order chi connectivity index (χ0) is 18.9. The van der Waals surface area contributed by atoms with Gasteiger partial charge in [-0.3, -0.25) is 9.79 Å². The van der Waals surface area contributed by atoms with Crippen molar-refractivity contribution in [1.82, 2.24) is 10.6 Å². The highest BCUT2D eigenvalue weighted by Crippen LogP contribution is 2.20. The van der Waals surface area contributed by atoms with Crippen LogP contribution in [0.4, 0.5) is 5.69 Å². The quantitative estimate of drug-likeness (QED) is 0.267. The minimum atomic E-state index is -0.203. The van der Waals surface area contributed by atoms with Crippen molar-refractivity contribution in [2.45, 2.75) is 52.7 Å². The minimum Gasteiger partial charge on any atom is -0.463 e. The molecule has 1 atom stereocenters. The third-order valence-corrected chi connectivity index (χ3v) is 4.23. The van der Waals surface area contributed by atoms with E-state index in [1.54, 1.807) is 0 Å². The molecule has 0 radical (unpaired) electrons. The van der Waals surface area contributed by atoms with Crippen molar-refractivity contribution in [2.24, 2.45) is 4.99 Å². The van der Waals surface area contributed by atoms with Gasteiger partial charge in [0.15, 0.2) is 5.96 Å². The van der Waals surface area contributed by atoms with Crippen molar-refractivity contribution in [3.05, 3.63) is 29.8 Å². The number of aliphatic imine (C=N–C) groups is 1. The van der Waals surface area contributed by atoms with Crippen LogP contribution in [0.25, 0.3) is 0 Å². The first-order valence-corrected chi connectivity index (χ1v) is 9.54. The van der Waals surface area contributed by atoms with Gasteiger partial charge < -0.3 is 20.3 Å². The van der Waals surface area contributed by atoms with Crippen LogP contribution in [0, 0.1) is 6.92 Å². The van der Waals surface area contributed by atoms with Gasteiger partial charge in [-0.05, 0) is 46.2 Å². The summed E-state index contributed by atoms with van der Waals surface area (Å²) in [6.07, 6.45) is 1.28. The van der Waals surface area contributed by atoms with Gasteiger partial charge in [0, 0.05) is 31.4 Å². The highest BCUT2D eigenvalue weighted by Gasteiger charge is 2.23. The van der Waals surface area contributed by atoms with Crippen LogP contribution in [0.3, 0.4) is 0 Å². The number of aryl methyl sites for hydroxylation is 1. The molecule has 0 saturated carbocycles. The van der Waals surface area contributed by atoms with E-state index in [-0.39, 0.29) is 36.0 Å². The van der Waals surface area contributed by atoms with Gasteiger partial charge in [-0.15, -0.1) is 24.0 Å². The monoisotopic (exact) mass is 488 g/mol. The maximum absolute atomic E-state index is 11.6. The molecule has 0 spiro atoms. The Morgan fingerprint density at radius 2 is 2.04 bits per heavy atom. The van der Waals surface area contributed by atoms with E-state index in [2.05, 4.69) is 51.7 Å². The predicted octanol–water partition coefficient (Wildman–Crippen LogP) is 3.09. The Bertz CT molecular complexity index is 605. The fourth-order valence-corrected chi connectivity index (χ4v) is 2.96. The smallest absolute Gasteiger partial charge is 0.307 e. The molecule has 1 aliphatic rings. The topological polar surface area (TPSA) is 66.0 Å². The number of esters is 1. The van der Waals surface area contributed by atoms with Crippen LogP contribution in [0.1, 0.15) is 39.2 Å². The third kappa shape index (κ3) is 8.36. The Kier molecular flexibility index (Phi) is 10.5. The summed E-state index contributed by atoms with van der Waals surface area (Å²) in [4.78, 5) is 18.5. The molecule has 2 N–H and O–H groups in total. The molecule has 1 aromatic carbocycles. The standard InChI is InChI=1S/C20H32N4O2.HI/c1-5-21-20(22-12-10-19(25)26-15(2)3)23-17-11-13-24(14-17)18-8-6-16(4)7-9-18;/h6-9,15,17H,5,10-14H2,1-4H3,(H2,21,22,23);1H. The highest BCUT2D eigenvalue weighted by atomic mass is 127. The van der Waals surface area contributed by atoms with E-state index in [9.17, 15) is 4.79 Å². The second-order valence-corrected chi connectivity index (χ2v) is 6.96. The predicted molar refractivity (Wildman–Crippen MR) is 122 cm³/mol. The van der Waals surface area contributed by atoms with Gasteiger partial charge in [-0.1, -0.05) is 17.7 Å². The third-order valence-electron chi connectivity index (χ3n) is 4.23. The number of carbonyl (C=O) groups excluding carboxylic acids is 1. The van der Waals surface area contributed by atoms with Crippen LogP contribution >= 0.6 is 24.0 Å². The zero-order valence-corrected chi connectivity index (χ0v) is 19.2. The molecular weight excluding hydrogens is 455 g/mol. The number of carbonyl (C=O) groups is 1. The van der Waals surface area contributed by atoms with Crippen molar-refractivity contribution in [1.29, 1.82) is 0 Å². The van der Waals surface area contributed by atoms with E-state index in [1.165, 1.54) is 11.3 Å². The molecule has 1 saturated heterocycles. The Labute approximate surface area is 180 Å². The van der Waals surface area contributed by atoms with E-state index in [0.717, 1.165) is 32.0 Å². The van der Waals surface area contributed by atoms with Crippen LogP contribution in [0.15, 0.2) is 29.3 Å².